The molecule has 0 aliphatic heterocycles. The van der Waals surface area contributed by atoms with Crippen LogP contribution in [0.1, 0.15) is 5.56 Å². The van der Waals surface area contributed by atoms with E-state index in [1.54, 1.807) is 34.9 Å². The first-order valence-electron chi connectivity index (χ1n) is 7.92. The molecule has 0 bridgehead atoms. The van der Waals surface area contributed by atoms with Crippen molar-refractivity contribution in [1.29, 1.82) is 0 Å². The number of aromatic nitrogens is 3. The van der Waals surface area contributed by atoms with Crippen molar-refractivity contribution in [1.82, 2.24) is 14.5 Å². The molecule has 0 unspecified atom stereocenters. The Balaban J connectivity index is 2.02. The van der Waals surface area contributed by atoms with Gasteiger partial charge in [-0.3, -0.25) is 4.79 Å². The van der Waals surface area contributed by atoms with Crippen LogP contribution in [-0.4, -0.2) is 14.5 Å². The van der Waals surface area contributed by atoms with Crippen LogP contribution in [0.15, 0.2) is 53.5 Å². The molecule has 0 saturated heterocycles. The molecule has 0 radical (unpaired) electrons. The predicted octanol–water partition coefficient (Wildman–Crippen LogP) is 5.54. The summed E-state index contributed by atoms with van der Waals surface area (Å²) in [5.41, 5.74) is 1.47. The quantitative estimate of drug-likeness (QED) is 0.471. The number of fused-ring (bicyclic) bond motifs is 1. The fourth-order valence-corrected chi connectivity index (χ4v) is 3.46. The third-order valence-electron chi connectivity index (χ3n) is 4.23. The van der Waals surface area contributed by atoms with Crippen molar-refractivity contribution < 1.29 is 4.39 Å². The van der Waals surface area contributed by atoms with E-state index >= 15 is 0 Å². The fraction of sp³-hybridized carbons (Fsp3) is 0.0526. The summed E-state index contributed by atoms with van der Waals surface area (Å²) < 4.78 is 16.1. The molecule has 27 heavy (non-hydrogen) atoms. The minimum Gasteiger partial charge on any atom is -0.328 e. The van der Waals surface area contributed by atoms with Crippen molar-refractivity contribution in [2.45, 2.75) is 6.54 Å². The zero-order valence-corrected chi connectivity index (χ0v) is 15.9. The molecule has 2 heterocycles. The van der Waals surface area contributed by atoms with Gasteiger partial charge in [0.15, 0.2) is 0 Å². The van der Waals surface area contributed by atoms with E-state index in [1.165, 1.54) is 18.3 Å². The molecule has 0 amide bonds. The number of hydrogen-bond acceptors (Lipinski definition) is 2. The largest absolute Gasteiger partial charge is 0.328 e. The smallest absolute Gasteiger partial charge is 0.258 e. The van der Waals surface area contributed by atoms with Crippen LogP contribution in [-0.2, 0) is 6.54 Å². The molecule has 0 fully saturated rings. The lowest BCUT2D eigenvalue weighted by Crippen LogP contribution is -2.12. The molecular weight excluding hydrogens is 412 g/mol. The highest BCUT2D eigenvalue weighted by molar-refractivity contribution is 6.42. The van der Waals surface area contributed by atoms with Crippen LogP contribution in [0.3, 0.4) is 0 Å². The molecule has 2 aromatic heterocycles. The SMILES string of the molecule is O=c1[nH]cccc1-c1nc2cc(Cl)c(Cl)cc2n1Cc1c(F)cccc1Cl. The molecule has 2 aromatic carbocycles. The van der Waals surface area contributed by atoms with Crippen molar-refractivity contribution in [3.05, 3.63) is 85.5 Å². The van der Waals surface area contributed by atoms with Gasteiger partial charge in [0, 0.05) is 16.8 Å². The third kappa shape index (κ3) is 3.23. The Kier molecular flexibility index (Phi) is 4.68. The summed E-state index contributed by atoms with van der Waals surface area (Å²) in [6.07, 6.45) is 1.53. The summed E-state index contributed by atoms with van der Waals surface area (Å²) >= 11 is 18.5. The number of nitrogens with one attached hydrogen (secondary N) is 1. The van der Waals surface area contributed by atoms with Crippen molar-refractivity contribution in [2.24, 2.45) is 0 Å². The lowest BCUT2D eigenvalue weighted by molar-refractivity contribution is 0.602. The van der Waals surface area contributed by atoms with E-state index in [1.807, 2.05) is 0 Å². The highest BCUT2D eigenvalue weighted by Crippen LogP contribution is 2.32. The molecule has 4 aromatic rings. The van der Waals surface area contributed by atoms with Gasteiger partial charge >= 0.3 is 0 Å². The van der Waals surface area contributed by atoms with E-state index in [-0.39, 0.29) is 22.7 Å². The second-order valence-electron chi connectivity index (χ2n) is 5.89. The van der Waals surface area contributed by atoms with E-state index in [0.717, 1.165) is 0 Å². The number of aromatic amines is 1. The minimum atomic E-state index is -0.447. The maximum absolute atomic E-state index is 14.4. The maximum atomic E-state index is 14.4. The van der Waals surface area contributed by atoms with Crippen molar-refractivity contribution in [3.63, 3.8) is 0 Å². The van der Waals surface area contributed by atoms with Crippen molar-refractivity contribution in [2.75, 3.05) is 0 Å². The molecule has 1 N–H and O–H groups in total. The van der Waals surface area contributed by atoms with E-state index in [2.05, 4.69) is 9.97 Å². The Morgan fingerprint density at radius 3 is 2.56 bits per heavy atom. The second kappa shape index (κ2) is 7.00. The number of nitrogens with zero attached hydrogens (tertiary/aromatic N) is 2. The summed E-state index contributed by atoms with van der Waals surface area (Å²) in [6, 6.07) is 11.1. The standard InChI is InChI=1S/C19H11Cl3FN3O/c20-12-4-1-5-15(23)11(12)9-26-17-8-14(22)13(21)7-16(17)25-18(26)10-3-2-6-24-19(10)27/h1-8H,9H2,(H,24,27). The molecule has 8 heteroatoms. The first kappa shape index (κ1) is 18.0. The minimum absolute atomic E-state index is 0.0731. The maximum Gasteiger partial charge on any atom is 0.258 e. The number of imidazole rings is 1. The number of benzene rings is 2. The van der Waals surface area contributed by atoms with Gasteiger partial charge in [0.2, 0.25) is 0 Å². The Morgan fingerprint density at radius 1 is 1.04 bits per heavy atom. The topological polar surface area (TPSA) is 50.7 Å². The van der Waals surface area contributed by atoms with Gasteiger partial charge in [0.25, 0.3) is 5.56 Å². The van der Waals surface area contributed by atoms with Gasteiger partial charge in [-0.25, -0.2) is 9.37 Å². The Labute approximate surface area is 168 Å². The van der Waals surface area contributed by atoms with E-state index < -0.39 is 5.82 Å². The van der Waals surface area contributed by atoms with Crippen LogP contribution in [0, 0.1) is 5.82 Å². The Morgan fingerprint density at radius 2 is 1.81 bits per heavy atom. The van der Waals surface area contributed by atoms with Gasteiger partial charge in [0.1, 0.15) is 11.6 Å². The first-order chi connectivity index (χ1) is 13.0. The normalized spacial score (nSPS) is 11.3. The van der Waals surface area contributed by atoms with Gasteiger partial charge < -0.3 is 9.55 Å². The monoisotopic (exact) mass is 421 g/mol. The first-order valence-corrected chi connectivity index (χ1v) is 9.05. The summed E-state index contributed by atoms with van der Waals surface area (Å²) in [5, 5.41) is 0.953. The van der Waals surface area contributed by atoms with Crippen LogP contribution in [0.2, 0.25) is 15.1 Å². The number of rotatable bonds is 3. The molecule has 136 valence electrons. The van der Waals surface area contributed by atoms with E-state index in [0.29, 0.717) is 32.5 Å². The lowest BCUT2D eigenvalue weighted by Gasteiger charge is -2.11. The van der Waals surface area contributed by atoms with Gasteiger partial charge in [0.05, 0.1) is 33.2 Å². The van der Waals surface area contributed by atoms with E-state index in [4.69, 9.17) is 34.8 Å². The molecule has 0 atom stereocenters. The molecule has 0 saturated carbocycles. The van der Waals surface area contributed by atoms with Gasteiger partial charge in [-0.15, -0.1) is 0 Å². The highest BCUT2D eigenvalue weighted by atomic mass is 35.5. The Bertz CT molecular complexity index is 1210. The molecule has 4 nitrogen and oxygen atoms in total. The summed E-state index contributed by atoms with van der Waals surface area (Å²) in [5.74, 6) is -0.0816. The summed E-state index contributed by atoms with van der Waals surface area (Å²) in [6.45, 7) is 0.0731. The third-order valence-corrected chi connectivity index (χ3v) is 5.30. The van der Waals surface area contributed by atoms with Crippen molar-refractivity contribution in [3.8, 4) is 11.4 Å². The number of H-pyrrole nitrogens is 1. The van der Waals surface area contributed by atoms with E-state index in [9.17, 15) is 9.18 Å². The number of pyridine rings is 1. The van der Waals surface area contributed by atoms with Crippen LogP contribution in [0.25, 0.3) is 22.4 Å². The summed E-state index contributed by atoms with van der Waals surface area (Å²) in [7, 11) is 0. The molecule has 0 aliphatic carbocycles. The molecule has 0 aliphatic rings. The summed E-state index contributed by atoms with van der Waals surface area (Å²) in [4.78, 5) is 19.5. The fourth-order valence-electron chi connectivity index (χ4n) is 2.92. The number of halogens is 4. The number of hydrogen-bond donors (Lipinski definition) is 1. The van der Waals surface area contributed by atoms with Gasteiger partial charge in [-0.2, -0.15) is 0 Å². The van der Waals surface area contributed by atoms with Crippen LogP contribution in [0.5, 0.6) is 0 Å². The average molecular weight is 423 g/mol. The predicted molar refractivity (Wildman–Crippen MR) is 106 cm³/mol. The van der Waals surface area contributed by atoms with Crippen molar-refractivity contribution >= 4 is 45.8 Å². The lowest BCUT2D eigenvalue weighted by atomic mass is 10.2. The van der Waals surface area contributed by atoms with Crippen LogP contribution in [0.4, 0.5) is 4.39 Å². The highest BCUT2D eigenvalue weighted by Gasteiger charge is 2.19. The molecular formula is C19H11Cl3FN3O. The van der Waals surface area contributed by atoms with Gasteiger partial charge in [-0.05, 0) is 36.4 Å². The van der Waals surface area contributed by atoms with Crippen LogP contribution < -0.4 is 5.56 Å². The zero-order chi connectivity index (χ0) is 19.1. The Hall–Kier alpha value is -2.34. The van der Waals surface area contributed by atoms with Gasteiger partial charge in [-0.1, -0.05) is 40.9 Å². The average Bonchev–Trinajstić information content (AvgIpc) is 2.96. The zero-order valence-electron chi connectivity index (χ0n) is 13.6. The molecule has 0 spiro atoms. The second-order valence-corrected chi connectivity index (χ2v) is 7.11. The van der Waals surface area contributed by atoms with Crippen LogP contribution >= 0.6 is 34.8 Å². The molecule has 4 rings (SSSR count).